The van der Waals surface area contributed by atoms with Crippen LogP contribution >= 0.6 is 11.3 Å². The van der Waals surface area contributed by atoms with Gasteiger partial charge in [0, 0.05) is 47.7 Å². The molecule has 4 aromatic rings. The summed E-state index contributed by atoms with van der Waals surface area (Å²) in [6.45, 7) is 4.35. The number of rotatable bonds is 6. The highest BCUT2D eigenvalue weighted by molar-refractivity contribution is 7.20. The lowest BCUT2D eigenvalue weighted by Crippen LogP contribution is -2.44. The predicted octanol–water partition coefficient (Wildman–Crippen LogP) is 4.01. The van der Waals surface area contributed by atoms with Crippen molar-refractivity contribution in [3.05, 3.63) is 88.9 Å². The van der Waals surface area contributed by atoms with E-state index in [2.05, 4.69) is 44.1 Å². The number of hydrazine groups is 1. The topological polar surface area (TPSA) is 105 Å². The Hall–Kier alpha value is -4.09. The van der Waals surface area contributed by atoms with E-state index < -0.39 is 0 Å². The summed E-state index contributed by atoms with van der Waals surface area (Å²) < 4.78 is 1.06. The van der Waals surface area contributed by atoms with Crippen LogP contribution in [0.5, 0.6) is 0 Å². The summed E-state index contributed by atoms with van der Waals surface area (Å²) in [5.41, 5.74) is 11.0. The van der Waals surface area contributed by atoms with Gasteiger partial charge in [0.1, 0.15) is 0 Å². The molecule has 0 aliphatic carbocycles. The van der Waals surface area contributed by atoms with Gasteiger partial charge >= 0.3 is 0 Å². The Balaban J connectivity index is 1.21. The van der Waals surface area contributed by atoms with Crippen LogP contribution in [0.1, 0.15) is 20.8 Å². The van der Waals surface area contributed by atoms with Crippen molar-refractivity contribution in [2.45, 2.75) is 6.61 Å². The normalized spacial score (nSPS) is 17.1. The SMILES string of the molecule is CN1CCN(c2ccc(N=C3C=C(c4cccc(NC(=O)c5cc6ccccc6s5)c4CO)NNC3)nc2)CC1. The van der Waals surface area contributed by atoms with E-state index in [0.717, 1.165) is 58.9 Å². The highest BCUT2D eigenvalue weighted by atomic mass is 32.1. The molecule has 0 radical (unpaired) electrons. The van der Waals surface area contributed by atoms with Gasteiger partial charge in [-0.25, -0.2) is 15.4 Å². The second-order valence-corrected chi connectivity index (χ2v) is 11.0. The third-order valence-corrected chi connectivity index (χ3v) is 8.30. The van der Waals surface area contributed by atoms with Crippen molar-refractivity contribution < 1.29 is 9.90 Å². The Morgan fingerprint density at radius 1 is 1.10 bits per heavy atom. The fraction of sp³-hybridized carbons (Fsp3) is 0.233. The van der Waals surface area contributed by atoms with E-state index >= 15 is 0 Å². The number of anilines is 2. The molecular weight excluding hydrogens is 522 g/mol. The van der Waals surface area contributed by atoms with E-state index in [1.54, 1.807) is 6.07 Å². The van der Waals surface area contributed by atoms with Crippen LogP contribution in [-0.2, 0) is 6.61 Å². The minimum atomic E-state index is -0.237. The first-order valence-electron chi connectivity index (χ1n) is 13.3. The molecule has 1 amide bonds. The van der Waals surface area contributed by atoms with Gasteiger partial charge in [0.15, 0.2) is 5.82 Å². The van der Waals surface area contributed by atoms with Gasteiger partial charge in [0.05, 0.1) is 41.3 Å². The maximum atomic E-state index is 13.1. The van der Waals surface area contributed by atoms with Crippen LogP contribution in [0.4, 0.5) is 17.2 Å². The molecule has 0 saturated carbocycles. The number of carbonyl (C=O) groups is 1. The Kier molecular flexibility index (Phi) is 7.56. The molecule has 2 aromatic heterocycles. The van der Waals surface area contributed by atoms with Gasteiger partial charge in [0.2, 0.25) is 0 Å². The van der Waals surface area contributed by atoms with Crippen LogP contribution in [0, 0.1) is 0 Å². The quantitative estimate of drug-likeness (QED) is 0.286. The summed E-state index contributed by atoms with van der Waals surface area (Å²) in [6, 6.07) is 19.4. The molecule has 0 unspecified atom stereocenters. The summed E-state index contributed by atoms with van der Waals surface area (Å²) in [4.78, 5) is 27.7. The zero-order valence-electron chi connectivity index (χ0n) is 22.2. The summed E-state index contributed by atoms with van der Waals surface area (Å²) in [6.07, 6.45) is 3.83. The van der Waals surface area contributed by atoms with E-state index in [4.69, 9.17) is 4.99 Å². The standard InChI is InChI=1S/C30H31N7O2S/c1-36-11-13-37(14-12-36)22-9-10-29(31-18-22)33-21-16-26(35-32-17-21)23-6-4-7-25(24(23)19-38)34-30(39)28-15-20-5-2-3-8-27(20)40-28/h2-10,15-16,18,32,35,38H,11-14,17,19H2,1H3,(H,34,39). The number of amides is 1. The molecule has 2 aliphatic rings. The number of likely N-dealkylation sites (N-methyl/N-ethyl adjacent to an activating group) is 1. The Labute approximate surface area is 236 Å². The molecule has 2 aliphatic heterocycles. The van der Waals surface area contributed by atoms with Crippen molar-refractivity contribution in [1.29, 1.82) is 0 Å². The van der Waals surface area contributed by atoms with E-state index in [1.165, 1.54) is 11.3 Å². The number of piperazine rings is 1. The molecule has 0 bridgehead atoms. The Morgan fingerprint density at radius 3 is 2.73 bits per heavy atom. The number of aromatic nitrogens is 1. The zero-order valence-corrected chi connectivity index (χ0v) is 23.0. The van der Waals surface area contributed by atoms with Gasteiger partial charge in [-0.3, -0.25) is 4.79 Å². The first-order chi connectivity index (χ1) is 19.6. The van der Waals surface area contributed by atoms with Crippen LogP contribution in [0.3, 0.4) is 0 Å². The van der Waals surface area contributed by atoms with Crippen molar-refractivity contribution in [3.63, 3.8) is 0 Å². The number of hydrogen-bond acceptors (Lipinski definition) is 9. The third kappa shape index (κ3) is 5.61. The molecular formula is C30H31N7O2S. The van der Waals surface area contributed by atoms with Crippen LogP contribution in [0.25, 0.3) is 15.8 Å². The lowest BCUT2D eigenvalue weighted by Gasteiger charge is -2.33. The summed E-state index contributed by atoms with van der Waals surface area (Å²) in [5, 5.41) is 14.3. The first kappa shape index (κ1) is 26.1. The van der Waals surface area contributed by atoms with Crippen molar-refractivity contribution in [2.24, 2.45) is 4.99 Å². The van der Waals surface area contributed by atoms with Crippen molar-refractivity contribution in [2.75, 3.05) is 50.0 Å². The maximum Gasteiger partial charge on any atom is 0.265 e. The predicted molar refractivity (Wildman–Crippen MR) is 162 cm³/mol. The molecule has 0 atom stereocenters. The molecule has 40 heavy (non-hydrogen) atoms. The van der Waals surface area contributed by atoms with Gasteiger partial charge in [-0.15, -0.1) is 11.3 Å². The van der Waals surface area contributed by atoms with Crippen molar-refractivity contribution in [3.8, 4) is 0 Å². The molecule has 9 nitrogen and oxygen atoms in total. The molecule has 6 rings (SSSR count). The average molecular weight is 554 g/mol. The number of carbonyl (C=O) groups excluding carboxylic acids is 1. The molecule has 4 N–H and O–H groups in total. The highest BCUT2D eigenvalue weighted by Crippen LogP contribution is 2.29. The number of benzene rings is 2. The average Bonchev–Trinajstić information content (AvgIpc) is 3.43. The van der Waals surface area contributed by atoms with Crippen molar-refractivity contribution >= 4 is 55.9 Å². The van der Waals surface area contributed by atoms with Crippen LogP contribution in [0.15, 0.2) is 77.9 Å². The Bertz CT molecular complexity index is 1550. The van der Waals surface area contributed by atoms with Gasteiger partial charge in [-0.1, -0.05) is 30.3 Å². The summed E-state index contributed by atoms with van der Waals surface area (Å²) >= 11 is 1.45. The number of aliphatic hydroxyl groups excluding tert-OH is 1. The van der Waals surface area contributed by atoms with Crippen molar-refractivity contribution in [1.82, 2.24) is 20.7 Å². The number of fused-ring (bicyclic) bond motifs is 1. The van der Waals surface area contributed by atoms with Gasteiger partial charge in [0.25, 0.3) is 5.91 Å². The number of pyridine rings is 1. The largest absolute Gasteiger partial charge is 0.392 e. The monoisotopic (exact) mass is 553 g/mol. The second kappa shape index (κ2) is 11.6. The number of nitrogens with one attached hydrogen (secondary N) is 3. The lowest BCUT2D eigenvalue weighted by molar-refractivity contribution is 0.103. The fourth-order valence-corrected chi connectivity index (χ4v) is 5.91. The van der Waals surface area contributed by atoms with E-state index in [1.807, 2.05) is 60.8 Å². The molecule has 4 heterocycles. The number of aliphatic hydroxyl groups is 1. The minimum Gasteiger partial charge on any atom is -0.392 e. The van der Waals surface area contributed by atoms with Crippen LogP contribution in [0.2, 0.25) is 0 Å². The van der Waals surface area contributed by atoms with Gasteiger partial charge in [-0.05, 0) is 48.8 Å². The minimum absolute atomic E-state index is 0.204. The van der Waals surface area contributed by atoms with E-state index in [0.29, 0.717) is 28.5 Å². The van der Waals surface area contributed by atoms with Gasteiger partial charge < -0.3 is 25.6 Å². The number of thiophene rings is 1. The third-order valence-electron chi connectivity index (χ3n) is 7.18. The summed E-state index contributed by atoms with van der Waals surface area (Å²) in [5.74, 6) is 0.434. The molecule has 204 valence electrons. The molecule has 2 aromatic carbocycles. The zero-order chi connectivity index (χ0) is 27.5. The Morgan fingerprint density at radius 2 is 1.95 bits per heavy atom. The number of hydrogen-bond donors (Lipinski definition) is 4. The fourth-order valence-electron chi connectivity index (χ4n) is 4.95. The number of aliphatic imine (C=N–C) groups is 1. The molecule has 1 saturated heterocycles. The van der Waals surface area contributed by atoms with E-state index in [9.17, 15) is 9.90 Å². The second-order valence-electron chi connectivity index (χ2n) is 9.90. The maximum absolute atomic E-state index is 13.1. The highest BCUT2D eigenvalue weighted by Gasteiger charge is 2.19. The smallest absolute Gasteiger partial charge is 0.265 e. The molecule has 1 fully saturated rings. The van der Waals surface area contributed by atoms with Crippen LogP contribution in [-0.4, -0.2) is 66.4 Å². The molecule has 0 spiro atoms. The summed E-state index contributed by atoms with van der Waals surface area (Å²) in [7, 11) is 2.14. The number of nitrogens with zero attached hydrogens (tertiary/aromatic N) is 4. The molecule has 10 heteroatoms. The van der Waals surface area contributed by atoms with Crippen LogP contribution < -0.4 is 21.1 Å². The van der Waals surface area contributed by atoms with E-state index in [-0.39, 0.29) is 12.5 Å². The van der Waals surface area contributed by atoms with Gasteiger partial charge in [-0.2, -0.15) is 0 Å². The first-order valence-corrected chi connectivity index (χ1v) is 14.1. The lowest BCUT2D eigenvalue weighted by atomic mass is 10.0.